The lowest BCUT2D eigenvalue weighted by Crippen LogP contribution is -2.20. The Morgan fingerprint density at radius 1 is 1.21 bits per heavy atom. The molecule has 1 saturated heterocycles. The van der Waals surface area contributed by atoms with Crippen molar-refractivity contribution < 1.29 is 10.2 Å². The maximum Gasteiger partial charge on any atom is 0.162 e. The zero-order valence-corrected chi connectivity index (χ0v) is 7.98. The van der Waals surface area contributed by atoms with Crippen LogP contribution in [0.1, 0.15) is 30.9 Å². The van der Waals surface area contributed by atoms with Gasteiger partial charge in [0.25, 0.3) is 0 Å². The molecule has 0 aliphatic carbocycles. The highest BCUT2D eigenvalue weighted by molar-refractivity contribution is 5.45. The van der Waals surface area contributed by atoms with Crippen LogP contribution in [0.4, 0.5) is 0 Å². The lowest BCUT2D eigenvalue weighted by molar-refractivity contribution is 0.365. The first-order valence-electron chi connectivity index (χ1n) is 4.96. The molecule has 1 aliphatic rings. The van der Waals surface area contributed by atoms with Crippen molar-refractivity contribution in [3.63, 3.8) is 0 Å². The Labute approximate surface area is 83.4 Å². The fourth-order valence-electron chi connectivity index (χ4n) is 1.86. The second kappa shape index (κ2) is 3.88. The van der Waals surface area contributed by atoms with E-state index in [0.29, 0.717) is 0 Å². The molecule has 1 aromatic rings. The number of phenolic OH excluding ortho intramolecular Hbond substituents is 2. The summed E-state index contributed by atoms with van der Waals surface area (Å²) >= 11 is 0. The topological polar surface area (TPSA) is 54.6 Å². The molecule has 0 bridgehead atoms. The van der Waals surface area contributed by atoms with Crippen molar-refractivity contribution in [2.45, 2.75) is 25.3 Å². The first-order valence-corrected chi connectivity index (χ1v) is 4.96. The van der Waals surface area contributed by atoms with Gasteiger partial charge in [-0.1, -0.05) is 18.6 Å². The van der Waals surface area contributed by atoms with Gasteiger partial charge in [0.15, 0.2) is 11.5 Å². The Balaban J connectivity index is 2.26. The molecule has 2 rings (SSSR count). The second-order valence-electron chi connectivity index (χ2n) is 3.63. The fraction of sp³-hybridized carbons (Fsp3) is 0.455. The van der Waals surface area contributed by atoms with E-state index in [9.17, 15) is 10.2 Å². The van der Waals surface area contributed by atoms with E-state index in [2.05, 4.69) is 5.32 Å². The van der Waals surface area contributed by atoms with E-state index in [-0.39, 0.29) is 17.5 Å². The third-order valence-electron chi connectivity index (χ3n) is 2.64. The van der Waals surface area contributed by atoms with Gasteiger partial charge in [-0.2, -0.15) is 0 Å². The molecule has 75 valence electrons. The molecule has 0 saturated carbocycles. The average molecular weight is 192 g/mol. The lowest BCUT2D eigenvalue weighted by Gasteiger charge is -2.22. The summed E-state index contributed by atoms with van der Waals surface area (Å²) in [4.78, 5) is 0. The molecule has 2 N–H and O–H groups in total. The van der Waals surface area contributed by atoms with Crippen molar-refractivity contribution in [2.75, 3.05) is 6.54 Å². The fourth-order valence-corrected chi connectivity index (χ4v) is 1.86. The number of phenols is 2. The zero-order valence-electron chi connectivity index (χ0n) is 7.98. The zero-order chi connectivity index (χ0) is 9.97. The number of aromatic hydroxyl groups is 2. The Bertz CT molecular complexity index is 319. The summed E-state index contributed by atoms with van der Waals surface area (Å²) in [5, 5.41) is 23.4. The standard InChI is InChI=1S/C11H14NO2/c13-10-6-3-4-8(11(10)14)9-5-1-2-7-12-9/h3-4,6,9,13-14H,1-2,5,7H2. The quantitative estimate of drug-likeness (QED) is 0.668. The Hall–Kier alpha value is -1.22. The molecule has 0 aromatic heterocycles. The van der Waals surface area contributed by atoms with Crippen molar-refractivity contribution in [3.05, 3.63) is 23.8 Å². The van der Waals surface area contributed by atoms with Crippen LogP contribution in [0, 0.1) is 0 Å². The van der Waals surface area contributed by atoms with E-state index < -0.39 is 0 Å². The summed E-state index contributed by atoms with van der Waals surface area (Å²) in [5.41, 5.74) is 0.754. The molecule has 3 heteroatoms. The van der Waals surface area contributed by atoms with Gasteiger partial charge in [-0.25, -0.2) is 5.32 Å². The van der Waals surface area contributed by atoms with Crippen LogP contribution in [0.3, 0.4) is 0 Å². The summed E-state index contributed by atoms with van der Waals surface area (Å²) in [6, 6.07) is 5.13. The predicted molar refractivity (Wildman–Crippen MR) is 53.4 cm³/mol. The minimum Gasteiger partial charge on any atom is -0.504 e. The van der Waals surface area contributed by atoms with E-state index in [1.165, 1.54) is 6.07 Å². The molecule has 1 aliphatic heterocycles. The van der Waals surface area contributed by atoms with Gasteiger partial charge in [0.2, 0.25) is 0 Å². The molecular weight excluding hydrogens is 178 g/mol. The van der Waals surface area contributed by atoms with E-state index >= 15 is 0 Å². The third kappa shape index (κ3) is 1.68. The van der Waals surface area contributed by atoms with Crippen molar-refractivity contribution in [1.29, 1.82) is 0 Å². The number of hydrogen-bond donors (Lipinski definition) is 2. The lowest BCUT2D eigenvalue weighted by atomic mass is 9.96. The van der Waals surface area contributed by atoms with Crippen molar-refractivity contribution >= 4 is 0 Å². The molecule has 0 spiro atoms. The first kappa shape index (κ1) is 9.34. The van der Waals surface area contributed by atoms with E-state index in [4.69, 9.17) is 0 Å². The summed E-state index contributed by atoms with van der Waals surface area (Å²) in [7, 11) is 0. The monoisotopic (exact) mass is 192 g/mol. The van der Waals surface area contributed by atoms with E-state index in [1.807, 2.05) is 6.07 Å². The first-order chi connectivity index (χ1) is 6.79. The van der Waals surface area contributed by atoms with Gasteiger partial charge in [-0.05, 0) is 18.9 Å². The van der Waals surface area contributed by atoms with Gasteiger partial charge < -0.3 is 10.2 Å². The van der Waals surface area contributed by atoms with Crippen LogP contribution in [0.25, 0.3) is 0 Å². The highest BCUT2D eigenvalue weighted by Crippen LogP contribution is 2.36. The van der Waals surface area contributed by atoms with Crippen LogP contribution in [0.5, 0.6) is 11.5 Å². The van der Waals surface area contributed by atoms with Crippen LogP contribution < -0.4 is 5.32 Å². The molecule has 1 radical (unpaired) electrons. The predicted octanol–water partition coefficient (Wildman–Crippen LogP) is 1.93. The summed E-state index contributed by atoms with van der Waals surface area (Å²) in [5.74, 6) is -0.0635. The summed E-state index contributed by atoms with van der Waals surface area (Å²) in [6.07, 6.45) is 3.25. The number of para-hydroxylation sites is 1. The normalized spacial score (nSPS) is 22.1. The van der Waals surface area contributed by atoms with Crippen molar-refractivity contribution in [3.8, 4) is 11.5 Å². The number of benzene rings is 1. The molecule has 1 unspecified atom stereocenters. The minimum atomic E-state index is -0.0525. The maximum absolute atomic E-state index is 9.64. The van der Waals surface area contributed by atoms with Crippen molar-refractivity contribution in [1.82, 2.24) is 5.32 Å². The van der Waals surface area contributed by atoms with Crippen LogP contribution in [-0.2, 0) is 0 Å². The SMILES string of the molecule is Oc1cccc(C2CCCC[N]2)c1O. The molecular formula is C11H14NO2. The summed E-state index contributed by atoms with van der Waals surface area (Å²) < 4.78 is 0. The van der Waals surface area contributed by atoms with Gasteiger partial charge in [0.05, 0.1) is 6.04 Å². The Kier molecular flexibility index (Phi) is 2.59. The highest BCUT2D eigenvalue weighted by atomic mass is 16.3. The minimum absolute atomic E-state index is 0.0110. The van der Waals surface area contributed by atoms with Gasteiger partial charge in [0.1, 0.15) is 0 Å². The molecule has 1 fully saturated rings. The molecule has 1 atom stereocenters. The molecule has 0 amide bonds. The van der Waals surface area contributed by atoms with Gasteiger partial charge in [0, 0.05) is 12.1 Å². The summed E-state index contributed by atoms with van der Waals surface area (Å²) in [6.45, 7) is 0.861. The van der Waals surface area contributed by atoms with Crippen molar-refractivity contribution in [2.24, 2.45) is 0 Å². The van der Waals surface area contributed by atoms with Crippen LogP contribution in [0.2, 0.25) is 0 Å². The second-order valence-corrected chi connectivity index (χ2v) is 3.63. The van der Waals surface area contributed by atoms with E-state index in [1.54, 1.807) is 6.07 Å². The number of piperidine rings is 1. The molecule has 1 aromatic carbocycles. The number of rotatable bonds is 1. The number of nitrogens with zero attached hydrogens (tertiary/aromatic N) is 1. The van der Waals surface area contributed by atoms with Crippen LogP contribution in [-0.4, -0.2) is 16.8 Å². The Morgan fingerprint density at radius 3 is 2.79 bits per heavy atom. The Morgan fingerprint density at radius 2 is 2.07 bits per heavy atom. The largest absolute Gasteiger partial charge is 0.504 e. The van der Waals surface area contributed by atoms with Gasteiger partial charge in [-0.3, -0.25) is 0 Å². The van der Waals surface area contributed by atoms with Crippen LogP contribution >= 0.6 is 0 Å². The highest BCUT2D eigenvalue weighted by Gasteiger charge is 2.20. The smallest absolute Gasteiger partial charge is 0.162 e. The number of hydrogen-bond acceptors (Lipinski definition) is 2. The maximum atomic E-state index is 9.64. The van der Waals surface area contributed by atoms with Gasteiger partial charge in [-0.15, -0.1) is 0 Å². The average Bonchev–Trinajstić information content (AvgIpc) is 2.23. The third-order valence-corrected chi connectivity index (χ3v) is 2.64. The van der Waals surface area contributed by atoms with Crippen LogP contribution in [0.15, 0.2) is 18.2 Å². The molecule has 14 heavy (non-hydrogen) atoms. The molecule has 3 nitrogen and oxygen atoms in total. The van der Waals surface area contributed by atoms with E-state index in [0.717, 1.165) is 31.4 Å². The molecule has 1 heterocycles. The van der Waals surface area contributed by atoms with Gasteiger partial charge >= 0.3 is 0 Å².